The molecule has 0 atom stereocenters. The number of unbranched alkanes of at least 4 members (excludes halogenated alkanes) is 3. The Morgan fingerprint density at radius 3 is 2.18 bits per heavy atom. The Bertz CT molecular complexity index is 1260. The summed E-state index contributed by atoms with van der Waals surface area (Å²) in [5, 5.41) is 1.34. The lowest BCUT2D eigenvalue weighted by molar-refractivity contribution is 0.238. The van der Waals surface area contributed by atoms with Crippen LogP contribution in [0.5, 0.6) is 11.5 Å². The Morgan fingerprint density at radius 1 is 0.737 bits per heavy atom. The van der Waals surface area contributed by atoms with Crippen molar-refractivity contribution < 1.29 is 9.47 Å². The van der Waals surface area contributed by atoms with Gasteiger partial charge in [-0.15, -0.1) is 11.3 Å². The van der Waals surface area contributed by atoms with Crippen molar-refractivity contribution in [3.8, 4) is 21.9 Å². The van der Waals surface area contributed by atoms with Crippen LogP contribution in [0.25, 0.3) is 20.5 Å². The van der Waals surface area contributed by atoms with Gasteiger partial charge in [-0.05, 0) is 116 Å². The molecule has 5 rings (SSSR count). The molecule has 0 radical (unpaired) electrons. The number of likely N-dealkylation sites (tertiary alicyclic amines) is 1. The van der Waals surface area contributed by atoms with E-state index in [0.717, 1.165) is 57.1 Å². The number of nitrogens with two attached hydrogens (primary N) is 1. The third-order valence-electron chi connectivity index (χ3n) is 7.36. The minimum absolute atomic E-state index is 0.757. The van der Waals surface area contributed by atoms with E-state index in [1.165, 1.54) is 70.4 Å². The number of nitrogens with zero attached hydrogens (tertiary/aromatic N) is 1. The highest BCUT2D eigenvalue weighted by Crippen LogP contribution is 2.40. The highest BCUT2D eigenvalue weighted by atomic mass is 32.1. The summed E-state index contributed by atoms with van der Waals surface area (Å²) in [6, 6.07) is 26.0. The minimum Gasteiger partial charge on any atom is -0.494 e. The van der Waals surface area contributed by atoms with Crippen LogP contribution < -0.4 is 15.2 Å². The third kappa shape index (κ3) is 7.16. The summed E-state index contributed by atoms with van der Waals surface area (Å²) < 4.78 is 13.3. The quantitative estimate of drug-likeness (QED) is 0.172. The molecule has 0 bridgehead atoms. The van der Waals surface area contributed by atoms with Crippen LogP contribution in [0.2, 0.25) is 0 Å². The van der Waals surface area contributed by atoms with E-state index < -0.39 is 0 Å². The summed E-state index contributed by atoms with van der Waals surface area (Å²) in [4.78, 5) is 3.83. The van der Waals surface area contributed by atoms with Crippen molar-refractivity contribution in [2.75, 3.05) is 39.4 Å². The normalized spacial score (nSPS) is 13.8. The number of rotatable bonds is 14. The smallest absolute Gasteiger partial charge is 0.119 e. The molecular formula is C33H40N2O2S. The lowest BCUT2D eigenvalue weighted by Gasteiger charge is -2.15. The summed E-state index contributed by atoms with van der Waals surface area (Å²) in [5.41, 5.74) is 9.52. The Morgan fingerprint density at radius 2 is 1.42 bits per heavy atom. The molecule has 5 heteroatoms. The minimum atomic E-state index is 0.757. The first-order chi connectivity index (χ1) is 18.8. The van der Waals surface area contributed by atoms with Gasteiger partial charge in [0.15, 0.2) is 0 Å². The van der Waals surface area contributed by atoms with Crippen LogP contribution in [0.15, 0.2) is 72.8 Å². The van der Waals surface area contributed by atoms with Crippen molar-refractivity contribution in [3.05, 3.63) is 83.9 Å². The molecule has 4 nitrogen and oxygen atoms in total. The molecule has 1 aliphatic rings. The Kier molecular flexibility index (Phi) is 9.70. The second kappa shape index (κ2) is 13.8. The van der Waals surface area contributed by atoms with Crippen molar-refractivity contribution in [1.29, 1.82) is 0 Å². The molecule has 0 aliphatic carbocycles. The third-order valence-corrected chi connectivity index (χ3v) is 8.62. The summed E-state index contributed by atoms with van der Waals surface area (Å²) >= 11 is 1.88. The fraction of sp³-hybridized carbons (Fsp3) is 0.394. The van der Waals surface area contributed by atoms with Crippen molar-refractivity contribution in [3.63, 3.8) is 0 Å². The summed E-state index contributed by atoms with van der Waals surface area (Å²) in [5.74, 6) is 1.90. The lowest BCUT2D eigenvalue weighted by atomic mass is 9.99. The molecule has 3 aromatic carbocycles. The molecule has 1 saturated heterocycles. The number of hydrogen-bond donors (Lipinski definition) is 1. The number of hydrogen-bond acceptors (Lipinski definition) is 5. The largest absolute Gasteiger partial charge is 0.494 e. The predicted octanol–water partition coefficient (Wildman–Crippen LogP) is 7.53. The van der Waals surface area contributed by atoms with Gasteiger partial charge in [0.25, 0.3) is 0 Å². The molecule has 4 aromatic rings. The van der Waals surface area contributed by atoms with E-state index >= 15 is 0 Å². The molecule has 200 valence electrons. The molecule has 1 fully saturated rings. The standard InChI is InChI=1S/C33H40N2O2S/c34-19-5-1-2-8-23-36-29-17-13-27(14-18-29)33-31(30-9-3-4-10-32(30)38-33)25-26-11-15-28(16-12-26)37-24-22-35-20-6-7-21-35/h3-4,9-18H,1-2,5-8,19-25,34H2. The lowest BCUT2D eigenvalue weighted by Crippen LogP contribution is -2.25. The zero-order chi connectivity index (χ0) is 26.0. The van der Waals surface area contributed by atoms with Gasteiger partial charge in [-0.25, -0.2) is 0 Å². The molecule has 0 saturated carbocycles. The van der Waals surface area contributed by atoms with Gasteiger partial charge in [0.1, 0.15) is 18.1 Å². The molecule has 0 spiro atoms. The first kappa shape index (κ1) is 26.7. The SMILES string of the molecule is NCCCCCCOc1ccc(-c2sc3ccccc3c2Cc2ccc(OCCN3CCCC3)cc2)cc1. The molecular weight excluding hydrogens is 488 g/mol. The highest BCUT2D eigenvalue weighted by Gasteiger charge is 2.15. The fourth-order valence-electron chi connectivity index (χ4n) is 5.21. The summed E-state index contributed by atoms with van der Waals surface area (Å²) in [6.07, 6.45) is 8.07. The van der Waals surface area contributed by atoms with Crippen LogP contribution in [-0.4, -0.2) is 44.3 Å². The average molecular weight is 529 g/mol. The van der Waals surface area contributed by atoms with Gasteiger partial charge in [0, 0.05) is 16.1 Å². The molecule has 0 amide bonds. The topological polar surface area (TPSA) is 47.7 Å². The Balaban J connectivity index is 1.24. The second-order valence-electron chi connectivity index (χ2n) is 10.2. The number of ether oxygens (including phenoxy) is 2. The fourth-order valence-corrected chi connectivity index (χ4v) is 6.43. The van der Waals surface area contributed by atoms with Crippen molar-refractivity contribution in [2.24, 2.45) is 5.73 Å². The maximum Gasteiger partial charge on any atom is 0.119 e. The van der Waals surface area contributed by atoms with Crippen LogP contribution in [-0.2, 0) is 6.42 Å². The van der Waals surface area contributed by atoms with E-state index in [1.54, 1.807) is 0 Å². The summed E-state index contributed by atoms with van der Waals surface area (Å²) in [6.45, 7) is 5.74. The molecule has 38 heavy (non-hydrogen) atoms. The molecule has 2 N–H and O–H groups in total. The van der Waals surface area contributed by atoms with Gasteiger partial charge in [-0.2, -0.15) is 0 Å². The zero-order valence-electron chi connectivity index (χ0n) is 22.4. The molecule has 1 aliphatic heterocycles. The van der Waals surface area contributed by atoms with Gasteiger partial charge < -0.3 is 15.2 Å². The van der Waals surface area contributed by atoms with Crippen molar-refractivity contribution in [2.45, 2.75) is 44.9 Å². The monoisotopic (exact) mass is 528 g/mol. The Labute approximate surface area is 231 Å². The van der Waals surface area contributed by atoms with Crippen LogP contribution >= 0.6 is 11.3 Å². The van der Waals surface area contributed by atoms with E-state index in [9.17, 15) is 0 Å². The highest BCUT2D eigenvalue weighted by molar-refractivity contribution is 7.22. The molecule has 2 heterocycles. The van der Waals surface area contributed by atoms with Gasteiger partial charge >= 0.3 is 0 Å². The zero-order valence-corrected chi connectivity index (χ0v) is 23.2. The van der Waals surface area contributed by atoms with Crippen molar-refractivity contribution >= 4 is 21.4 Å². The first-order valence-corrected chi connectivity index (χ1v) is 15.0. The van der Waals surface area contributed by atoms with E-state index in [4.69, 9.17) is 15.2 Å². The second-order valence-corrected chi connectivity index (χ2v) is 11.3. The predicted molar refractivity (Wildman–Crippen MR) is 161 cm³/mol. The number of thiophene rings is 1. The van der Waals surface area contributed by atoms with E-state index in [0.29, 0.717) is 0 Å². The first-order valence-electron chi connectivity index (χ1n) is 14.2. The molecule has 1 aromatic heterocycles. The van der Waals surface area contributed by atoms with Gasteiger partial charge in [0.05, 0.1) is 6.61 Å². The number of fused-ring (bicyclic) bond motifs is 1. The van der Waals surface area contributed by atoms with Crippen LogP contribution in [0.4, 0.5) is 0 Å². The van der Waals surface area contributed by atoms with Crippen LogP contribution in [0.1, 0.15) is 49.7 Å². The summed E-state index contributed by atoms with van der Waals surface area (Å²) in [7, 11) is 0. The van der Waals surface area contributed by atoms with Gasteiger partial charge in [-0.1, -0.05) is 43.2 Å². The van der Waals surface area contributed by atoms with Crippen molar-refractivity contribution in [1.82, 2.24) is 4.90 Å². The number of benzene rings is 3. The maximum absolute atomic E-state index is 6.03. The van der Waals surface area contributed by atoms with E-state index in [2.05, 4.69) is 77.7 Å². The maximum atomic E-state index is 6.03. The van der Waals surface area contributed by atoms with Crippen LogP contribution in [0.3, 0.4) is 0 Å². The Hall–Kier alpha value is -2.86. The van der Waals surface area contributed by atoms with E-state index in [1.807, 2.05) is 11.3 Å². The average Bonchev–Trinajstić information content (AvgIpc) is 3.60. The van der Waals surface area contributed by atoms with Gasteiger partial charge in [0.2, 0.25) is 0 Å². The van der Waals surface area contributed by atoms with Gasteiger partial charge in [-0.3, -0.25) is 4.90 Å². The molecule has 0 unspecified atom stereocenters. The van der Waals surface area contributed by atoms with Crippen LogP contribution in [0, 0.1) is 0 Å². The van der Waals surface area contributed by atoms with E-state index in [-0.39, 0.29) is 0 Å².